The lowest BCUT2D eigenvalue weighted by Crippen LogP contribution is -2.36. The first-order valence-electron chi connectivity index (χ1n) is 7.10. The maximum absolute atomic E-state index is 12.0. The second-order valence-electron chi connectivity index (χ2n) is 5.11. The minimum absolute atomic E-state index is 0.0918. The second kappa shape index (κ2) is 6.94. The number of benzene rings is 1. The molecule has 1 saturated heterocycles. The molecule has 1 fully saturated rings. The minimum atomic E-state index is -0.0918. The number of nitrogens with one attached hydrogen (secondary N) is 1. The summed E-state index contributed by atoms with van der Waals surface area (Å²) in [6, 6.07) is 7.61. The molecule has 0 saturated carbocycles. The van der Waals surface area contributed by atoms with Crippen LogP contribution in [0.15, 0.2) is 41.9 Å². The molecule has 6 heteroatoms. The van der Waals surface area contributed by atoms with Gasteiger partial charge < -0.3 is 10.2 Å². The Labute approximate surface area is 138 Å². The van der Waals surface area contributed by atoms with Crippen LogP contribution in [0.2, 0.25) is 5.02 Å². The molecule has 22 heavy (non-hydrogen) atoms. The third kappa shape index (κ3) is 3.67. The van der Waals surface area contributed by atoms with E-state index in [2.05, 4.69) is 15.2 Å². The summed E-state index contributed by atoms with van der Waals surface area (Å²) in [6.07, 6.45) is 6.02. The number of carbonyl (C=O) groups excluding carboxylic acids is 1. The van der Waals surface area contributed by atoms with Gasteiger partial charge >= 0.3 is 0 Å². The van der Waals surface area contributed by atoms with Gasteiger partial charge in [-0.05, 0) is 24.1 Å². The number of thiazole rings is 1. The third-order valence-corrected chi connectivity index (χ3v) is 4.72. The average molecular weight is 334 g/mol. The Morgan fingerprint density at radius 3 is 3.09 bits per heavy atom. The van der Waals surface area contributed by atoms with E-state index in [0.717, 1.165) is 30.2 Å². The Balaban J connectivity index is 1.54. The first-order chi connectivity index (χ1) is 10.7. The summed E-state index contributed by atoms with van der Waals surface area (Å²) in [4.78, 5) is 18.5. The molecule has 1 aromatic carbocycles. The van der Waals surface area contributed by atoms with Gasteiger partial charge in [-0.1, -0.05) is 29.8 Å². The molecule has 2 heterocycles. The molecule has 1 aromatic heterocycles. The van der Waals surface area contributed by atoms with Gasteiger partial charge in [0.2, 0.25) is 5.91 Å². The normalized spacial score (nSPS) is 18.0. The van der Waals surface area contributed by atoms with Crippen LogP contribution in [0.1, 0.15) is 12.0 Å². The lowest BCUT2D eigenvalue weighted by molar-refractivity contribution is -0.117. The van der Waals surface area contributed by atoms with Crippen LogP contribution in [0.5, 0.6) is 0 Å². The summed E-state index contributed by atoms with van der Waals surface area (Å²) in [5.74, 6) is -0.0918. The highest BCUT2D eigenvalue weighted by atomic mass is 35.5. The fourth-order valence-corrected chi connectivity index (χ4v) is 3.33. The van der Waals surface area contributed by atoms with Gasteiger partial charge in [-0.2, -0.15) is 0 Å². The average Bonchev–Trinajstić information content (AvgIpc) is 3.17. The monoisotopic (exact) mass is 333 g/mol. The molecule has 114 valence electrons. The van der Waals surface area contributed by atoms with E-state index in [-0.39, 0.29) is 11.9 Å². The van der Waals surface area contributed by atoms with Crippen molar-refractivity contribution in [1.82, 2.24) is 10.3 Å². The summed E-state index contributed by atoms with van der Waals surface area (Å²) in [7, 11) is 0. The van der Waals surface area contributed by atoms with Crippen LogP contribution in [-0.4, -0.2) is 30.0 Å². The molecule has 1 atom stereocenters. The first kappa shape index (κ1) is 15.1. The number of hydrogen-bond acceptors (Lipinski definition) is 4. The highest BCUT2D eigenvalue weighted by molar-refractivity contribution is 7.13. The fraction of sp³-hybridized carbons (Fsp3) is 0.250. The molecule has 1 aliphatic rings. The molecule has 0 spiro atoms. The SMILES string of the molecule is O=C(/C=C/c1ccccc1Cl)NC1CCN(c2nccs2)C1. The number of carbonyl (C=O) groups is 1. The van der Waals surface area contributed by atoms with Crippen LogP contribution in [0.25, 0.3) is 6.08 Å². The van der Waals surface area contributed by atoms with Gasteiger partial charge in [-0.15, -0.1) is 11.3 Å². The standard InChI is InChI=1S/C16H16ClN3OS/c17-14-4-2-1-3-12(14)5-6-15(21)19-13-7-9-20(11-13)16-18-8-10-22-16/h1-6,8,10,13H,7,9,11H2,(H,19,21)/b6-5+. The lowest BCUT2D eigenvalue weighted by atomic mass is 10.2. The summed E-state index contributed by atoms with van der Waals surface area (Å²) in [6.45, 7) is 1.73. The first-order valence-corrected chi connectivity index (χ1v) is 8.35. The van der Waals surface area contributed by atoms with Crippen LogP contribution < -0.4 is 10.2 Å². The molecule has 2 aromatic rings. The molecular formula is C16H16ClN3OS. The highest BCUT2D eigenvalue weighted by Crippen LogP contribution is 2.22. The molecule has 1 aliphatic heterocycles. The fourth-order valence-electron chi connectivity index (χ4n) is 2.45. The maximum Gasteiger partial charge on any atom is 0.244 e. The van der Waals surface area contributed by atoms with Crippen molar-refractivity contribution in [3.63, 3.8) is 0 Å². The van der Waals surface area contributed by atoms with E-state index >= 15 is 0 Å². The molecule has 3 rings (SSSR count). The van der Waals surface area contributed by atoms with Crippen molar-refractivity contribution in [2.75, 3.05) is 18.0 Å². The van der Waals surface area contributed by atoms with Crippen molar-refractivity contribution in [1.29, 1.82) is 0 Å². The molecular weight excluding hydrogens is 318 g/mol. The van der Waals surface area contributed by atoms with Crippen LogP contribution in [0.3, 0.4) is 0 Å². The number of rotatable bonds is 4. The van der Waals surface area contributed by atoms with E-state index in [4.69, 9.17) is 11.6 Å². The Morgan fingerprint density at radius 1 is 1.45 bits per heavy atom. The molecule has 1 amide bonds. The molecule has 0 aliphatic carbocycles. The quantitative estimate of drug-likeness (QED) is 0.874. The maximum atomic E-state index is 12.0. The summed E-state index contributed by atoms with van der Waals surface area (Å²) in [5.41, 5.74) is 0.843. The van der Waals surface area contributed by atoms with Gasteiger partial charge in [-0.3, -0.25) is 4.79 Å². The third-order valence-electron chi connectivity index (χ3n) is 3.54. The van der Waals surface area contributed by atoms with Crippen LogP contribution in [0, 0.1) is 0 Å². The van der Waals surface area contributed by atoms with E-state index in [1.165, 1.54) is 6.08 Å². The number of halogens is 1. The Bertz CT molecular complexity index is 672. The molecule has 0 bridgehead atoms. The van der Waals surface area contributed by atoms with Crippen LogP contribution in [-0.2, 0) is 4.79 Å². The van der Waals surface area contributed by atoms with Gasteiger partial charge in [-0.25, -0.2) is 4.98 Å². The van der Waals surface area contributed by atoms with Gasteiger partial charge in [0.1, 0.15) is 0 Å². The zero-order valence-electron chi connectivity index (χ0n) is 11.9. The number of anilines is 1. The predicted molar refractivity (Wildman–Crippen MR) is 91.4 cm³/mol. The van der Waals surface area contributed by atoms with Crippen molar-refractivity contribution in [2.24, 2.45) is 0 Å². The summed E-state index contributed by atoms with van der Waals surface area (Å²) in [5, 5.41) is 6.65. The zero-order chi connectivity index (χ0) is 15.4. The smallest absolute Gasteiger partial charge is 0.244 e. The number of amides is 1. The molecule has 1 N–H and O–H groups in total. The number of hydrogen-bond donors (Lipinski definition) is 1. The van der Waals surface area contributed by atoms with Gasteiger partial charge in [0.25, 0.3) is 0 Å². The largest absolute Gasteiger partial charge is 0.348 e. The minimum Gasteiger partial charge on any atom is -0.348 e. The van der Waals surface area contributed by atoms with Crippen molar-refractivity contribution in [2.45, 2.75) is 12.5 Å². The van der Waals surface area contributed by atoms with Gasteiger partial charge in [0.15, 0.2) is 5.13 Å². The Morgan fingerprint density at radius 2 is 2.32 bits per heavy atom. The lowest BCUT2D eigenvalue weighted by Gasteiger charge is -2.15. The van der Waals surface area contributed by atoms with Gasteiger partial charge in [0.05, 0.1) is 0 Å². The number of nitrogens with zero attached hydrogens (tertiary/aromatic N) is 2. The van der Waals surface area contributed by atoms with E-state index in [0.29, 0.717) is 5.02 Å². The number of aromatic nitrogens is 1. The molecule has 4 nitrogen and oxygen atoms in total. The van der Waals surface area contributed by atoms with Crippen LogP contribution >= 0.6 is 22.9 Å². The van der Waals surface area contributed by atoms with Crippen LogP contribution in [0.4, 0.5) is 5.13 Å². The van der Waals surface area contributed by atoms with Crippen molar-refractivity contribution < 1.29 is 4.79 Å². The second-order valence-corrected chi connectivity index (χ2v) is 6.39. The van der Waals surface area contributed by atoms with Crippen molar-refractivity contribution >= 4 is 40.1 Å². The Hall–Kier alpha value is -1.85. The van der Waals surface area contributed by atoms with E-state index in [1.54, 1.807) is 23.6 Å². The van der Waals surface area contributed by atoms with Crippen molar-refractivity contribution in [3.8, 4) is 0 Å². The van der Waals surface area contributed by atoms with Crippen molar-refractivity contribution in [3.05, 3.63) is 52.5 Å². The van der Waals surface area contributed by atoms with E-state index in [9.17, 15) is 4.79 Å². The van der Waals surface area contributed by atoms with Gasteiger partial charge in [0, 0.05) is 41.8 Å². The molecule has 0 radical (unpaired) electrons. The highest BCUT2D eigenvalue weighted by Gasteiger charge is 2.24. The molecule has 1 unspecified atom stereocenters. The summed E-state index contributed by atoms with van der Waals surface area (Å²) < 4.78 is 0. The topological polar surface area (TPSA) is 45.2 Å². The Kier molecular flexibility index (Phi) is 4.75. The van der Waals surface area contributed by atoms with E-state index < -0.39 is 0 Å². The predicted octanol–water partition coefficient (Wildman–Crippen LogP) is 3.20. The summed E-state index contributed by atoms with van der Waals surface area (Å²) >= 11 is 7.68. The zero-order valence-corrected chi connectivity index (χ0v) is 13.5. The van der Waals surface area contributed by atoms with E-state index in [1.807, 2.05) is 29.6 Å².